The van der Waals surface area contributed by atoms with Gasteiger partial charge in [-0.15, -0.1) is 0 Å². The van der Waals surface area contributed by atoms with Crippen LogP contribution in [-0.2, 0) is 4.79 Å². The van der Waals surface area contributed by atoms with Crippen LogP contribution in [0.5, 0.6) is 0 Å². The van der Waals surface area contributed by atoms with Crippen LogP contribution < -0.4 is 0 Å². The zero-order valence-electron chi connectivity index (χ0n) is 9.13. The van der Waals surface area contributed by atoms with Gasteiger partial charge in [0.25, 0.3) is 0 Å². The lowest BCUT2D eigenvalue weighted by molar-refractivity contribution is -0.127. The smallest absolute Gasteiger partial charge is 0.222 e. The van der Waals surface area contributed by atoms with Crippen molar-refractivity contribution in [2.45, 2.75) is 33.1 Å². The van der Waals surface area contributed by atoms with E-state index in [0.717, 1.165) is 37.7 Å². The molecule has 1 heterocycles. The van der Waals surface area contributed by atoms with Crippen molar-refractivity contribution in [1.82, 2.24) is 4.90 Å². The van der Waals surface area contributed by atoms with Crippen LogP contribution in [0.2, 0.25) is 0 Å². The van der Waals surface area contributed by atoms with Gasteiger partial charge in [0.15, 0.2) is 0 Å². The number of unbranched alkanes of at least 4 members (excludes halogenated alkanes) is 1. The third kappa shape index (κ3) is 3.26. The van der Waals surface area contributed by atoms with Gasteiger partial charge in [-0.3, -0.25) is 4.79 Å². The van der Waals surface area contributed by atoms with Crippen LogP contribution in [0, 0.1) is 11.8 Å². The summed E-state index contributed by atoms with van der Waals surface area (Å²) in [4.78, 5) is 13.6. The molecule has 0 bridgehead atoms. The molecule has 0 saturated carbocycles. The number of halogens is 1. The fourth-order valence-corrected chi connectivity index (χ4v) is 2.26. The summed E-state index contributed by atoms with van der Waals surface area (Å²) in [5.41, 5.74) is 0. The Balaban J connectivity index is 2.30. The standard InChI is InChI=1S/C11H20BrNO/c1-9(2)10-7-11(14)13(8-10)6-4-3-5-12/h9-10H,3-8H2,1-2H3. The predicted octanol–water partition coefficient (Wildman–Crippen LogP) is 2.67. The molecule has 0 radical (unpaired) electrons. The van der Waals surface area contributed by atoms with E-state index in [0.29, 0.717) is 17.7 Å². The van der Waals surface area contributed by atoms with E-state index in [-0.39, 0.29) is 0 Å². The van der Waals surface area contributed by atoms with Crippen molar-refractivity contribution in [2.24, 2.45) is 11.8 Å². The average molecular weight is 262 g/mol. The van der Waals surface area contributed by atoms with Gasteiger partial charge in [-0.25, -0.2) is 0 Å². The molecular formula is C11H20BrNO. The number of rotatable bonds is 5. The van der Waals surface area contributed by atoms with E-state index in [9.17, 15) is 4.79 Å². The summed E-state index contributed by atoms with van der Waals surface area (Å²) in [6, 6.07) is 0. The third-order valence-electron chi connectivity index (χ3n) is 3.00. The van der Waals surface area contributed by atoms with Gasteiger partial charge in [0.2, 0.25) is 5.91 Å². The third-order valence-corrected chi connectivity index (χ3v) is 3.56. The van der Waals surface area contributed by atoms with Gasteiger partial charge in [0.1, 0.15) is 0 Å². The molecule has 0 aromatic rings. The molecule has 1 amide bonds. The Morgan fingerprint density at radius 2 is 2.21 bits per heavy atom. The molecule has 1 rings (SSSR count). The number of hydrogen-bond donors (Lipinski definition) is 0. The Morgan fingerprint density at radius 1 is 1.50 bits per heavy atom. The summed E-state index contributed by atoms with van der Waals surface area (Å²) >= 11 is 3.41. The molecule has 1 fully saturated rings. The SMILES string of the molecule is CC(C)C1CC(=O)N(CCCCBr)C1. The van der Waals surface area contributed by atoms with Crippen molar-refractivity contribution in [2.75, 3.05) is 18.4 Å². The van der Waals surface area contributed by atoms with Crippen LogP contribution in [0.25, 0.3) is 0 Å². The molecule has 14 heavy (non-hydrogen) atoms. The molecule has 1 aliphatic rings. The molecule has 0 N–H and O–H groups in total. The Hall–Kier alpha value is -0.0500. The van der Waals surface area contributed by atoms with Crippen LogP contribution in [0.15, 0.2) is 0 Å². The molecule has 0 aliphatic carbocycles. The molecule has 2 nitrogen and oxygen atoms in total. The van der Waals surface area contributed by atoms with Gasteiger partial charge in [0.05, 0.1) is 0 Å². The highest BCUT2D eigenvalue weighted by Gasteiger charge is 2.30. The lowest BCUT2D eigenvalue weighted by Crippen LogP contribution is -2.26. The highest BCUT2D eigenvalue weighted by molar-refractivity contribution is 9.09. The molecule has 1 aliphatic heterocycles. The zero-order chi connectivity index (χ0) is 10.6. The first kappa shape index (κ1) is 12.0. The fourth-order valence-electron chi connectivity index (χ4n) is 1.86. The average Bonchev–Trinajstić information content (AvgIpc) is 2.49. The van der Waals surface area contributed by atoms with Crippen molar-refractivity contribution >= 4 is 21.8 Å². The van der Waals surface area contributed by atoms with E-state index in [1.165, 1.54) is 0 Å². The second kappa shape index (κ2) is 5.74. The largest absolute Gasteiger partial charge is 0.342 e. The topological polar surface area (TPSA) is 20.3 Å². The van der Waals surface area contributed by atoms with Gasteiger partial charge >= 0.3 is 0 Å². The van der Waals surface area contributed by atoms with Crippen LogP contribution in [0.4, 0.5) is 0 Å². The molecular weight excluding hydrogens is 242 g/mol. The van der Waals surface area contributed by atoms with Crippen molar-refractivity contribution in [1.29, 1.82) is 0 Å². The second-order valence-corrected chi connectivity index (χ2v) is 5.24. The van der Waals surface area contributed by atoms with Crippen LogP contribution in [0.3, 0.4) is 0 Å². The first-order valence-corrected chi connectivity index (χ1v) is 6.61. The first-order chi connectivity index (χ1) is 6.65. The van der Waals surface area contributed by atoms with Crippen LogP contribution in [0.1, 0.15) is 33.1 Å². The Morgan fingerprint density at radius 3 is 2.71 bits per heavy atom. The van der Waals surface area contributed by atoms with Crippen LogP contribution in [-0.4, -0.2) is 29.2 Å². The summed E-state index contributed by atoms with van der Waals surface area (Å²) in [5.74, 6) is 1.59. The minimum Gasteiger partial charge on any atom is -0.342 e. The summed E-state index contributed by atoms with van der Waals surface area (Å²) < 4.78 is 0. The monoisotopic (exact) mass is 261 g/mol. The summed E-state index contributed by atoms with van der Waals surface area (Å²) in [6.07, 6.45) is 3.06. The maximum atomic E-state index is 11.6. The maximum Gasteiger partial charge on any atom is 0.222 e. The van der Waals surface area contributed by atoms with E-state index in [1.807, 2.05) is 4.90 Å². The molecule has 3 heteroatoms. The summed E-state index contributed by atoms with van der Waals surface area (Å²) in [7, 11) is 0. The highest BCUT2D eigenvalue weighted by atomic mass is 79.9. The lowest BCUT2D eigenvalue weighted by atomic mass is 9.95. The molecule has 1 saturated heterocycles. The second-order valence-electron chi connectivity index (χ2n) is 4.44. The maximum absolute atomic E-state index is 11.6. The van der Waals surface area contributed by atoms with Gasteiger partial charge in [-0.05, 0) is 24.7 Å². The molecule has 1 atom stereocenters. The number of hydrogen-bond acceptors (Lipinski definition) is 1. The van der Waals surface area contributed by atoms with E-state index < -0.39 is 0 Å². The minimum absolute atomic E-state index is 0.360. The Kier molecular flexibility index (Phi) is 4.93. The number of amides is 1. The normalized spacial score (nSPS) is 22.4. The number of carbonyl (C=O) groups is 1. The van der Waals surface area contributed by atoms with Gasteiger partial charge < -0.3 is 4.90 Å². The quantitative estimate of drug-likeness (QED) is 0.551. The number of carbonyl (C=O) groups excluding carboxylic acids is 1. The van der Waals surface area contributed by atoms with Crippen LogP contribution >= 0.6 is 15.9 Å². The number of nitrogens with zero attached hydrogens (tertiary/aromatic N) is 1. The van der Waals surface area contributed by atoms with E-state index in [1.54, 1.807) is 0 Å². The van der Waals surface area contributed by atoms with Gasteiger partial charge in [0, 0.05) is 24.8 Å². The molecule has 82 valence electrons. The van der Waals surface area contributed by atoms with Crippen molar-refractivity contribution < 1.29 is 4.79 Å². The summed E-state index contributed by atoms with van der Waals surface area (Å²) in [6.45, 7) is 6.35. The molecule has 0 aromatic heterocycles. The van der Waals surface area contributed by atoms with Crippen molar-refractivity contribution in [3.05, 3.63) is 0 Å². The Labute approximate surface area is 95.2 Å². The Bertz CT molecular complexity index is 194. The molecule has 0 aromatic carbocycles. The van der Waals surface area contributed by atoms with E-state index in [4.69, 9.17) is 0 Å². The molecule has 0 spiro atoms. The lowest BCUT2D eigenvalue weighted by Gasteiger charge is -2.17. The molecule has 1 unspecified atom stereocenters. The minimum atomic E-state index is 0.360. The number of likely N-dealkylation sites (tertiary alicyclic amines) is 1. The number of alkyl halides is 1. The predicted molar refractivity (Wildman–Crippen MR) is 62.6 cm³/mol. The zero-order valence-corrected chi connectivity index (χ0v) is 10.7. The van der Waals surface area contributed by atoms with E-state index in [2.05, 4.69) is 29.8 Å². The summed E-state index contributed by atoms with van der Waals surface area (Å²) in [5, 5.41) is 1.04. The fraction of sp³-hybridized carbons (Fsp3) is 0.909. The van der Waals surface area contributed by atoms with Crippen molar-refractivity contribution in [3.63, 3.8) is 0 Å². The van der Waals surface area contributed by atoms with Gasteiger partial charge in [-0.1, -0.05) is 29.8 Å². The van der Waals surface area contributed by atoms with Crippen molar-refractivity contribution in [3.8, 4) is 0 Å². The van der Waals surface area contributed by atoms with Gasteiger partial charge in [-0.2, -0.15) is 0 Å². The highest BCUT2D eigenvalue weighted by Crippen LogP contribution is 2.24. The van der Waals surface area contributed by atoms with E-state index >= 15 is 0 Å². The first-order valence-electron chi connectivity index (χ1n) is 5.49.